The molecule has 0 aliphatic rings. The monoisotopic (exact) mass is 232 g/mol. The summed E-state index contributed by atoms with van der Waals surface area (Å²) in [5.74, 6) is -1.42. The van der Waals surface area contributed by atoms with Gasteiger partial charge in [-0.1, -0.05) is 6.07 Å². The number of carboxylic acid groups (broad SMARTS) is 1. The third-order valence-corrected chi connectivity index (χ3v) is 2.10. The van der Waals surface area contributed by atoms with Crippen LogP contribution in [0, 0.1) is 5.82 Å². The zero-order chi connectivity index (χ0) is 12.3. The van der Waals surface area contributed by atoms with Gasteiger partial charge in [-0.05, 0) is 30.3 Å². The lowest BCUT2D eigenvalue weighted by Crippen LogP contribution is -2.00. The van der Waals surface area contributed by atoms with E-state index in [4.69, 9.17) is 5.11 Å². The summed E-state index contributed by atoms with van der Waals surface area (Å²) >= 11 is 0. The summed E-state index contributed by atoms with van der Waals surface area (Å²) in [6, 6.07) is 8.91. The molecule has 0 radical (unpaired) electrons. The van der Waals surface area contributed by atoms with Crippen LogP contribution in [0.1, 0.15) is 10.5 Å². The third kappa shape index (κ3) is 2.78. The van der Waals surface area contributed by atoms with Crippen LogP contribution in [0.3, 0.4) is 0 Å². The Morgan fingerprint density at radius 3 is 2.65 bits per heavy atom. The van der Waals surface area contributed by atoms with Crippen molar-refractivity contribution < 1.29 is 14.3 Å². The van der Waals surface area contributed by atoms with E-state index in [1.165, 1.54) is 24.4 Å². The normalized spacial score (nSPS) is 9.94. The van der Waals surface area contributed by atoms with E-state index in [0.29, 0.717) is 11.4 Å². The molecule has 0 spiro atoms. The van der Waals surface area contributed by atoms with Crippen LogP contribution in [0.2, 0.25) is 0 Å². The number of halogens is 1. The summed E-state index contributed by atoms with van der Waals surface area (Å²) in [5.41, 5.74) is 1.14. The second-order valence-corrected chi connectivity index (χ2v) is 3.37. The quantitative estimate of drug-likeness (QED) is 0.853. The molecule has 0 atom stereocenters. The number of nitrogens with one attached hydrogen (secondary N) is 1. The molecule has 0 saturated heterocycles. The van der Waals surface area contributed by atoms with E-state index in [2.05, 4.69) is 10.3 Å². The van der Waals surface area contributed by atoms with Gasteiger partial charge in [0.25, 0.3) is 0 Å². The van der Waals surface area contributed by atoms with Crippen molar-refractivity contribution in [2.24, 2.45) is 0 Å². The van der Waals surface area contributed by atoms with E-state index in [1.807, 2.05) is 0 Å². The van der Waals surface area contributed by atoms with Gasteiger partial charge < -0.3 is 10.4 Å². The summed E-state index contributed by atoms with van der Waals surface area (Å²) in [6.45, 7) is 0. The summed E-state index contributed by atoms with van der Waals surface area (Å²) < 4.78 is 12.9. The second-order valence-electron chi connectivity index (χ2n) is 3.37. The fraction of sp³-hybridized carbons (Fsp3) is 0. The van der Waals surface area contributed by atoms with Crippen molar-refractivity contribution in [3.63, 3.8) is 0 Å². The number of pyridine rings is 1. The van der Waals surface area contributed by atoms with Crippen molar-refractivity contribution in [3.8, 4) is 0 Å². The van der Waals surface area contributed by atoms with Gasteiger partial charge in [0.15, 0.2) is 0 Å². The number of aromatic carboxylic acids is 1. The molecule has 5 heteroatoms. The van der Waals surface area contributed by atoms with Gasteiger partial charge in [0.05, 0.1) is 11.9 Å². The van der Waals surface area contributed by atoms with Crippen LogP contribution in [0.5, 0.6) is 0 Å². The Hall–Kier alpha value is -2.43. The van der Waals surface area contributed by atoms with E-state index in [9.17, 15) is 9.18 Å². The number of rotatable bonds is 3. The predicted octanol–water partition coefficient (Wildman–Crippen LogP) is 2.66. The second kappa shape index (κ2) is 4.61. The minimum atomic E-state index is -1.08. The van der Waals surface area contributed by atoms with Crippen LogP contribution < -0.4 is 5.32 Å². The molecule has 4 nitrogen and oxygen atoms in total. The lowest BCUT2D eigenvalue weighted by Gasteiger charge is -2.05. The first kappa shape index (κ1) is 11.1. The van der Waals surface area contributed by atoms with Gasteiger partial charge in [-0.2, -0.15) is 0 Å². The number of nitrogens with zero attached hydrogens (tertiary/aromatic N) is 1. The van der Waals surface area contributed by atoms with Crippen molar-refractivity contribution in [2.45, 2.75) is 0 Å². The van der Waals surface area contributed by atoms with Gasteiger partial charge in [-0.25, -0.2) is 14.2 Å². The Labute approximate surface area is 96.7 Å². The maximum Gasteiger partial charge on any atom is 0.354 e. The molecule has 86 valence electrons. The average Bonchev–Trinajstić information content (AvgIpc) is 2.29. The van der Waals surface area contributed by atoms with Gasteiger partial charge in [0.2, 0.25) is 0 Å². The molecule has 2 aromatic rings. The molecule has 17 heavy (non-hydrogen) atoms. The molecule has 1 aromatic carbocycles. The Bertz CT molecular complexity index is 540. The molecule has 2 rings (SSSR count). The van der Waals surface area contributed by atoms with Gasteiger partial charge in [0, 0.05) is 5.69 Å². The zero-order valence-electron chi connectivity index (χ0n) is 8.72. The first-order valence-corrected chi connectivity index (χ1v) is 4.87. The van der Waals surface area contributed by atoms with Crippen molar-refractivity contribution in [1.82, 2.24) is 4.98 Å². The summed E-state index contributed by atoms with van der Waals surface area (Å²) in [5, 5.41) is 11.6. The third-order valence-electron chi connectivity index (χ3n) is 2.10. The molecule has 0 bridgehead atoms. The summed E-state index contributed by atoms with van der Waals surface area (Å²) in [6.07, 6.45) is 1.38. The molecular formula is C12H9FN2O2. The minimum absolute atomic E-state index is 0.0326. The molecule has 0 aliphatic heterocycles. The molecular weight excluding hydrogens is 223 g/mol. The Kier molecular flexibility index (Phi) is 3.00. The van der Waals surface area contributed by atoms with E-state index in [1.54, 1.807) is 18.2 Å². The molecule has 1 aromatic heterocycles. The van der Waals surface area contributed by atoms with E-state index in [0.717, 1.165) is 0 Å². The maximum absolute atomic E-state index is 12.9. The van der Waals surface area contributed by atoms with Crippen LogP contribution in [0.4, 0.5) is 15.8 Å². The highest BCUT2D eigenvalue weighted by Gasteiger charge is 2.03. The van der Waals surface area contributed by atoms with E-state index >= 15 is 0 Å². The fourth-order valence-corrected chi connectivity index (χ4v) is 1.33. The highest BCUT2D eigenvalue weighted by Crippen LogP contribution is 2.16. The molecule has 0 unspecified atom stereocenters. The van der Waals surface area contributed by atoms with Gasteiger partial charge in [-0.15, -0.1) is 0 Å². The van der Waals surface area contributed by atoms with Gasteiger partial charge in [-0.3, -0.25) is 0 Å². The lowest BCUT2D eigenvalue weighted by atomic mass is 10.3. The molecule has 0 amide bonds. The number of hydrogen-bond acceptors (Lipinski definition) is 3. The van der Waals surface area contributed by atoms with Crippen molar-refractivity contribution in [3.05, 3.63) is 54.1 Å². The van der Waals surface area contributed by atoms with Crippen LogP contribution >= 0.6 is 0 Å². The Morgan fingerprint density at radius 1 is 1.24 bits per heavy atom. The zero-order valence-corrected chi connectivity index (χ0v) is 8.72. The number of carboxylic acids is 1. The van der Waals surface area contributed by atoms with Crippen LogP contribution in [0.15, 0.2) is 42.6 Å². The number of aromatic nitrogens is 1. The smallest absolute Gasteiger partial charge is 0.354 e. The highest BCUT2D eigenvalue weighted by atomic mass is 19.1. The van der Waals surface area contributed by atoms with E-state index < -0.39 is 5.97 Å². The predicted molar refractivity (Wildman–Crippen MR) is 60.9 cm³/mol. The van der Waals surface area contributed by atoms with Crippen LogP contribution in [-0.2, 0) is 0 Å². The van der Waals surface area contributed by atoms with Crippen molar-refractivity contribution in [2.75, 3.05) is 5.32 Å². The largest absolute Gasteiger partial charge is 0.477 e. The molecule has 0 aliphatic carbocycles. The molecule has 2 N–H and O–H groups in total. The molecule has 1 heterocycles. The lowest BCUT2D eigenvalue weighted by molar-refractivity contribution is 0.0690. The summed E-state index contributed by atoms with van der Waals surface area (Å²) in [7, 11) is 0. The number of benzene rings is 1. The van der Waals surface area contributed by atoms with E-state index in [-0.39, 0.29) is 11.5 Å². The SMILES string of the molecule is O=C(O)c1ccc(Nc2cccc(F)c2)cn1. The number of anilines is 2. The first-order valence-electron chi connectivity index (χ1n) is 4.87. The molecule has 0 fully saturated rings. The average molecular weight is 232 g/mol. The van der Waals surface area contributed by atoms with Crippen molar-refractivity contribution in [1.29, 1.82) is 0 Å². The Balaban J connectivity index is 2.16. The topological polar surface area (TPSA) is 62.2 Å². The van der Waals surface area contributed by atoms with Crippen LogP contribution in [0.25, 0.3) is 0 Å². The first-order chi connectivity index (χ1) is 8.15. The Morgan fingerprint density at radius 2 is 2.06 bits per heavy atom. The maximum atomic E-state index is 12.9. The van der Waals surface area contributed by atoms with Crippen LogP contribution in [-0.4, -0.2) is 16.1 Å². The number of carbonyl (C=O) groups is 1. The van der Waals surface area contributed by atoms with Gasteiger partial charge >= 0.3 is 5.97 Å². The highest BCUT2D eigenvalue weighted by molar-refractivity contribution is 5.85. The standard InChI is InChI=1S/C12H9FN2O2/c13-8-2-1-3-9(6-8)15-10-4-5-11(12(16)17)14-7-10/h1-7,15H,(H,16,17). The number of hydrogen-bond donors (Lipinski definition) is 2. The summed E-state index contributed by atoms with van der Waals surface area (Å²) in [4.78, 5) is 14.3. The van der Waals surface area contributed by atoms with Gasteiger partial charge in [0.1, 0.15) is 11.5 Å². The minimum Gasteiger partial charge on any atom is -0.477 e. The van der Waals surface area contributed by atoms with Crippen molar-refractivity contribution >= 4 is 17.3 Å². The molecule has 0 saturated carbocycles. The fourth-order valence-electron chi connectivity index (χ4n) is 1.33.